The molecule has 6 aromatic rings. The van der Waals surface area contributed by atoms with Crippen LogP contribution in [0, 0.1) is 20.2 Å². The molecular formula is C35H30N4O4S2+2. The van der Waals surface area contributed by atoms with E-state index in [-0.39, 0.29) is 21.2 Å². The van der Waals surface area contributed by atoms with Gasteiger partial charge in [-0.15, -0.1) is 0 Å². The maximum absolute atomic E-state index is 11.0. The number of nitrogens with zero attached hydrogens (tertiary/aromatic N) is 4. The van der Waals surface area contributed by atoms with Crippen molar-refractivity contribution in [3.8, 4) is 0 Å². The zero-order valence-electron chi connectivity index (χ0n) is 24.3. The predicted octanol–water partition coefficient (Wildman–Crippen LogP) is 8.72. The summed E-state index contributed by atoms with van der Waals surface area (Å²) in [5.41, 5.74) is 4.44. The molecule has 224 valence electrons. The number of rotatable bonds is 12. The highest BCUT2D eigenvalue weighted by Crippen LogP contribution is 2.25. The van der Waals surface area contributed by atoms with Crippen LogP contribution in [0.2, 0.25) is 0 Å². The lowest BCUT2D eigenvalue weighted by molar-refractivity contribution is -0.673. The predicted molar refractivity (Wildman–Crippen MR) is 182 cm³/mol. The molecule has 2 heterocycles. The minimum Gasteiger partial charge on any atom is -0.258 e. The third kappa shape index (κ3) is 7.03. The molecule has 0 aliphatic rings. The van der Waals surface area contributed by atoms with Crippen LogP contribution in [-0.2, 0) is 13.1 Å². The van der Waals surface area contributed by atoms with Crippen LogP contribution in [0.3, 0.4) is 0 Å². The van der Waals surface area contributed by atoms with Crippen molar-refractivity contribution in [3.63, 3.8) is 0 Å². The van der Waals surface area contributed by atoms with Crippen LogP contribution in [0.4, 0.5) is 11.4 Å². The summed E-state index contributed by atoms with van der Waals surface area (Å²) in [7, 11) is 0. The first-order valence-corrected chi connectivity index (χ1v) is 16.3. The molecule has 0 spiro atoms. The van der Waals surface area contributed by atoms with Gasteiger partial charge in [0.15, 0.2) is 13.1 Å². The Kier molecular flexibility index (Phi) is 9.14. The number of nitro benzene ring substituents is 2. The van der Waals surface area contributed by atoms with E-state index in [1.807, 2.05) is 12.2 Å². The average Bonchev–Trinajstić information content (AvgIpc) is 3.60. The standard InChI is InChI=1S/C35H30N4O4S2/c40-38(41)28-18-12-26(13-19-28)16-22-34-36(30-8-2-4-10-32(30)44-34)24-6-1-7-25-37-31-9-3-5-11-33(31)45-35(37)23-17-27-14-20-29(21-15-27)39(42)43/h2-5,8-23H,1,6-7,24-25H2/q+2/b22-16+,23-17+. The first-order chi connectivity index (χ1) is 22.0. The van der Waals surface area contributed by atoms with Crippen molar-refractivity contribution in [1.82, 2.24) is 0 Å². The van der Waals surface area contributed by atoms with Crippen molar-refractivity contribution in [2.75, 3.05) is 0 Å². The second kappa shape index (κ2) is 13.7. The second-order valence-corrected chi connectivity index (χ2v) is 12.7. The molecular weight excluding hydrogens is 605 g/mol. The lowest BCUT2D eigenvalue weighted by Crippen LogP contribution is -2.36. The Bertz CT molecular complexity index is 1900. The maximum atomic E-state index is 11.0. The molecule has 4 aromatic carbocycles. The molecule has 10 heteroatoms. The van der Waals surface area contributed by atoms with Crippen LogP contribution in [0.15, 0.2) is 97.1 Å². The number of thiazole rings is 2. The Morgan fingerprint density at radius 3 is 1.33 bits per heavy atom. The monoisotopic (exact) mass is 634 g/mol. The zero-order valence-corrected chi connectivity index (χ0v) is 26.0. The molecule has 0 aliphatic carbocycles. The Balaban J connectivity index is 1.13. The molecule has 2 aromatic heterocycles. The average molecular weight is 635 g/mol. The van der Waals surface area contributed by atoms with E-state index in [4.69, 9.17) is 0 Å². The van der Waals surface area contributed by atoms with E-state index >= 15 is 0 Å². The lowest BCUT2D eigenvalue weighted by atomic mass is 10.2. The number of unbranched alkanes of at least 4 members (excludes halogenated alkanes) is 2. The highest BCUT2D eigenvalue weighted by molar-refractivity contribution is 7.19. The first kappa shape index (κ1) is 30.0. The SMILES string of the molecule is O=[N+]([O-])c1ccc(/C=C/c2sc3ccccc3[n+]2CCCCC[n+]2c(/C=C/c3ccc([N+](=O)[O-])cc3)sc3ccccc32)cc1. The zero-order chi connectivity index (χ0) is 31.2. The highest BCUT2D eigenvalue weighted by Gasteiger charge is 2.20. The van der Waals surface area contributed by atoms with Gasteiger partial charge in [0.2, 0.25) is 11.0 Å². The molecule has 0 amide bonds. The van der Waals surface area contributed by atoms with Gasteiger partial charge in [0.1, 0.15) is 9.40 Å². The largest absolute Gasteiger partial charge is 0.269 e. The topological polar surface area (TPSA) is 94.0 Å². The van der Waals surface area contributed by atoms with E-state index in [9.17, 15) is 20.2 Å². The van der Waals surface area contributed by atoms with Gasteiger partial charge in [-0.05, 0) is 66.1 Å². The van der Waals surface area contributed by atoms with Crippen LogP contribution in [-0.4, -0.2) is 9.85 Å². The summed E-state index contributed by atoms with van der Waals surface area (Å²) in [6, 6.07) is 30.1. The smallest absolute Gasteiger partial charge is 0.258 e. The van der Waals surface area contributed by atoms with Gasteiger partial charge in [0.25, 0.3) is 21.4 Å². The van der Waals surface area contributed by atoms with E-state index in [1.54, 1.807) is 46.9 Å². The van der Waals surface area contributed by atoms with E-state index < -0.39 is 0 Å². The fourth-order valence-corrected chi connectivity index (χ4v) is 7.46. The van der Waals surface area contributed by atoms with Crippen LogP contribution < -0.4 is 9.13 Å². The third-order valence-corrected chi connectivity index (χ3v) is 9.84. The number of hydrogen-bond acceptors (Lipinski definition) is 6. The molecule has 45 heavy (non-hydrogen) atoms. The molecule has 0 radical (unpaired) electrons. The summed E-state index contributed by atoms with van der Waals surface area (Å²) >= 11 is 3.49. The fraction of sp³-hybridized carbons (Fsp3) is 0.143. The minimum atomic E-state index is -0.383. The number of aromatic nitrogens is 2. The normalized spacial score (nSPS) is 11.7. The molecule has 0 saturated carbocycles. The van der Waals surface area contributed by atoms with Gasteiger partial charge < -0.3 is 0 Å². The number of non-ortho nitro benzene ring substituents is 2. The molecule has 0 unspecified atom stereocenters. The molecule has 6 rings (SSSR count). The first-order valence-electron chi connectivity index (χ1n) is 14.6. The van der Waals surface area contributed by atoms with E-state index in [2.05, 4.69) is 69.8 Å². The maximum Gasteiger partial charge on any atom is 0.269 e. The van der Waals surface area contributed by atoms with Gasteiger partial charge in [-0.2, -0.15) is 9.13 Å². The summed E-state index contributed by atoms with van der Waals surface area (Å²) in [5.74, 6) is 0. The van der Waals surface area contributed by atoms with Crippen molar-refractivity contribution in [2.24, 2.45) is 0 Å². The van der Waals surface area contributed by atoms with Crippen LogP contribution in [0.25, 0.3) is 44.7 Å². The summed E-state index contributed by atoms with van der Waals surface area (Å²) in [6.07, 6.45) is 11.3. The Morgan fingerprint density at radius 1 is 0.533 bits per heavy atom. The van der Waals surface area contributed by atoms with E-state index in [1.165, 1.54) is 44.7 Å². The number of benzene rings is 4. The van der Waals surface area contributed by atoms with Crippen molar-refractivity contribution in [1.29, 1.82) is 0 Å². The van der Waals surface area contributed by atoms with Gasteiger partial charge in [-0.3, -0.25) is 20.2 Å². The third-order valence-electron chi connectivity index (χ3n) is 7.58. The summed E-state index contributed by atoms with van der Waals surface area (Å²) in [4.78, 5) is 21.2. The van der Waals surface area contributed by atoms with Gasteiger partial charge >= 0.3 is 0 Å². The molecule has 0 aliphatic heterocycles. The van der Waals surface area contributed by atoms with Crippen LogP contribution in [0.5, 0.6) is 0 Å². The summed E-state index contributed by atoms with van der Waals surface area (Å²) in [5, 5.41) is 24.3. The number of para-hydroxylation sites is 2. The summed E-state index contributed by atoms with van der Waals surface area (Å²) in [6.45, 7) is 1.79. The lowest BCUT2D eigenvalue weighted by Gasteiger charge is -2.00. The number of fused-ring (bicyclic) bond motifs is 2. The van der Waals surface area contributed by atoms with Crippen molar-refractivity contribution < 1.29 is 19.0 Å². The Hall–Kier alpha value is -5.06. The Labute approximate surface area is 267 Å². The quantitative estimate of drug-likeness (QED) is 0.0582. The van der Waals surface area contributed by atoms with Crippen molar-refractivity contribution >= 4 is 78.8 Å². The minimum absolute atomic E-state index is 0.0883. The molecule has 8 nitrogen and oxygen atoms in total. The van der Waals surface area contributed by atoms with Crippen LogP contribution >= 0.6 is 22.7 Å². The summed E-state index contributed by atoms with van der Waals surface area (Å²) < 4.78 is 7.19. The molecule has 0 fully saturated rings. The number of nitro groups is 2. The van der Waals surface area contributed by atoms with Crippen molar-refractivity contribution in [2.45, 2.75) is 32.4 Å². The number of aryl methyl sites for hydroxylation is 2. The molecule has 0 saturated heterocycles. The molecule has 0 bridgehead atoms. The number of hydrogen-bond donors (Lipinski definition) is 0. The highest BCUT2D eigenvalue weighted by atomic mass is 32.1. The molecule has 0 N–H and O–H groups in total. The fourth-order valence-electron chi connectivity index (χ4n) is 5.28. The van der Waals surface area contributed by atoms with E-state index in [0.717, 1.165) is 53.5 Å². The van der Waals surface area contributed by atoms with Gasteiger partial charge in [0.05, 0.1) is 9.85 Å². The van der Waals surface area contributed by atoms with Crippen LogP contribution in [0.1, 0.15) is 40.4 Å². The van der Waals surface area contributed by atoms with Gasteiger partial charge in [-0.1, -0.05) is 46.9 Å². The van der Waals surface area contributed by atoms with E-state index in [0.29, 0.717) is 0 Å². The van der Waals surface area contributed by atoms with Gasteiger partial charge in [0, 0.05) is 61.4 Å². The van der Waals surface area contributed by atoms with Gasteiger partial charge in [-0.25, -0.2) is 0 Å². The molecule has 0 atom stereocenters. The van der Waals surface area contributed by atoms with Crippen molar-refractivity contribution in [3.05, 3.63) is 138 Å². The second-order valence-electron chi connectivity index (χ2n) is 10.5. The Morgan fingerprint density at radius 2 is 0.933 bits per heavy atom.